The van der Waals surface area contributed by atoms with Crippen LogP contribution in [-0.4, -0.2) is 23.1 Å². The first-order valence-corrected chi connectivity index (χ1v) is 10.4. The molecule has 0 unspecified atom stereocenters. The third-order valence-electron chi connectivity index (χ3n) is 4.79. The highest BCUT2D eigenvalue weighted by atomic mass is 32.2. The molecule has 4 rings (SSSR count). The van der Waals surface area contributed by atoms with Crippen LogP contribution in [-0.2, 0) is 4.79 Å². The smallest absolute Gasteiger partial charge is 0.284 e. The van der Waals surface area contributed by atoms with E-state index in [1.54, 1.807) is 30.3 Å². The molecule has 2 heterocycles. The van der Waals surface area contributed by atoms with Gasteiger partial charge in [0.2, 0.25) is 0 Å². The maximum Gasteiger partial charge on any atom is 0.284 e. The van der Waals surface area contributed by atoms with Crippen molar-refractivity contribution in [3.05, 3.63) is 80.4 Å². The number of benzene rings is 2. The third kappa shape index (κ3) is 4.42. The number of methoxy groups -OCH3 is 1. The fourth-order valence-electron chi connectivity index (χ4n) is 3.22. The summed E-state index contributed by atoms with van der Waals surface area (Å²) in [6.07, 6.45) is 1.59. The fraction of sp³-hybridized carbons (Fsp3) is 0.130. The van der Waals surface area contributed by atoms with Gasteiger partial charge in [-0.2, -0.15) is 0 Å². The number of thioether (sulfide) groups is 1. The van der Waals surface area contributed by atoms with E-state index in [1.165, 1.54) is 24.9 Å². The van der Waals surface area contributed by atoms with Crippen LogP contribution in [0.3, 0.4) is 0 Å². The van der Waals surface area contributed by atoms with Crippen molar-refractivity contribution in [2.75, 3.05) is 7.11 Å². The van der Waals surface area contributed by atoms with Gasteiger partial charge < -0.3 is 14.5 Å². The number of nitro groups is 1. The molecule has 0 bridgehead atoms. The van der Waals surface area contributed by atoms with Gasteiger partial charge in [-0.15, -0.1) is 0 Å². The highest BCUT2D eigenvalue weighted by Gasteiger charge is 2.25. The molecule has 32 heavy (non-hydrogen) atoms. The molecule has 2 aromatic carbocycles. The topological polar surface area (TPSA) is 107 Å². The number of nitrogens with zero attached hydrogens (tertiary/aromatic N) is 2. The number of nitro benzene ring substituents is 1. The normalized spacial score (nSPS) is 15.9. The molecule has 162 valence electrons. The van der Waals surface area contributed by atoms with Gasteiger partial charge in [-0.05, 0) is 61.5 Å². The molecule has 9 heteroatoms. The van der Waals surface area contributed by atoms with Gasteiger partial charge in [0.15, 0.2) is 5.17 Å². The molecule has 1 aliphatic heterocycles. The summed E-state index contributed by atoms with van der Waals surface area (Å²) >= 11 is 1.21. The number of hydrogen-bond donors (Lipinski definition) is 1. The first-order valence-electron chi connectivity index (χ1n) is 9.63. The second-order valence-electron chi connectivity index (χ2n) is 7.11. The number of furan rings is 1. The van der Waals surface area contributed by atoms with Crippen LogP contribution in [0.25, 0.3) is 17.4 Å². The van der Waals surface area contributed by atoms with Crippen LogP contribution in [0.4, 0.5) is 11.4 Å². The van der Waals surface area contributed by atoms with Gasteiger partial charge in [-0.1, -0.05) is 17.7 Å². The van der Waals surface area contributed by atoms with Crippen molar-refractivity contribution in [3.8, 4) is 17.1 Å². The Morgan fingerprint density at radius 3 is 2.69 bits per heavy atom. The molecule has 8 nitrogen and oxygen atoms in total. The number of aliphatic imine (C=N–C) groups is 1. The monoisotopic (exact) mass is 449 g/mol. The summed E-state index contributed by atoms with van der Waals surface area (Å²) in [7, 11) is 1.44. The van der Waals surface area contributed by atoms with Crippen LogP contribution in [0.2, 0.25) is 0 Å². The van der Waals surface area contributed by atoms with Crippen molar-refractivity contribution in [3.63, 3.8) is 0 Å². The zero-order valence-electron chi connectivity index (χ0n) is 17.5. The highest BCUT2D eigenvalue weighted by molar-refractivity contribution is 8.18. The van der Waals surface area contributed by atoms with Crippen molar-refractivity contribution in [2.24, 2.45) is 4.99 Å². The van der Waals surface area contributed by atoms with E-state index in [-0.39, 0.29) is 11.6 Å². The summed E-state index contributed by atoms with van der Waals surface area (Å²) in [4.78, 5) is 28.3. The first-order chi connectivity index (χ1) is 15.3. The summed E-state index contributed by atoms with van der Waals surface area (Å²) < 4.78 is 10.8. The molecule has 3 aromatic rings. The van der Waals surface area contributed by atoms with Crippen LogP contribution < -0.4 is 10.1 Å². The van der Waals surface area contributed by atoms with E-state index in [2.05, 4.69) is 10.3 Å². The number of rotatable bonds is 5. The SMILES string of the molecule is COc1ccc(-c2ccc(/C=C3/SC(=Nc4ccc(C)cc4C)NC3=O)o2)c([N+](=O)[O-])c1. The number of amidine groups is 1. The lowest BCUT2D eigenvalue weighted by molar-refractivity contribution is -0.384. The average Bonchev–Trinajstić information content (AvgIpc) is 3.36. The Morgan fingerprint density at radius 2 is 1.97 bits per heavy atom. The van der Waals surface area contributed by atoms with E-state index in [4.69, 9.17) is 9.15 Å². The molecular weight excluding hydrogens is 430 g/mol. The maximum absolute atomic E-state index is 12.4. The highest BCUT2D eigenvalue weighted by Crippen LogP contribution is 2.35. The lowest BCUT2D eigenvalue weighted by atomic mass is 10.1. The Hall–Kier alpha value is -3.85. The van der Waals surface area contributed by atoms with Crippen molar-refractivity contribution < 1.29 is 18.9 Å². The summed E-state index contributed by atoms with van der Waals surface area (Å²) in [6.45, 7) is 3.97. The number of carbonyl (C=O) groups is 1. The second-order valence-corrected chi connectivity index (χ2v) is 8.14. The summed E-state index contributed by atoms with van der Waals surface area (Å²) in [5.41, 5.74) is 3.13. The minimum absolute atomic E-state index is 0.131. The molecule has 1 N–H and O–H groups in total. The van der Waals surface area contributed by atoms with Gasteiger partial charge in [-0.25, -0.2) is 4.99 Å². The molecule has 0 spiro atoms. The van der Waals surface area contributed by atoms with Crippen molar-refractivity contribution >= 4 is 40.3 Å². The van der Waals surface area contributed by atoms with Crippen molar-refractivity contribution in [1.29, 1.82) is 0 Å². The lowest BCUT2D eigenvalue weighted by Gasteiger charge is -2.03. The maximum atomic E-state index is 12.4. The number of nitrogens with one attached hydrogen (secondary N) is 1. The second kappa shape index (κ2) is 8.72. The third-order valence-corrected chi connectivity index (χ3v) is 5.70. The van der Waals surface area contributed by atoms with Crippen LogP contribution in [0.1, 0.15) is 16.9 Å². The van der Waals surface area contributed by atoms with Gasteiger partial charge in [0.25, 0.3) is 11.6 Å². The largest absolute Gasteiger partial charge is 0.497 e. The molecule has 1 aromatic heterocycles. The summed E-state index contributed by atoms with van der Waals surface area (Å²) in [6, 6.07) is 13.7. The lowest BCUT2D eigenvalue weighted by Crippen LogP contribution is -2.19. The molecule has 0 radical (unpaired) electrons. The molecule has 1 amide bonds. The van der Waals surface area contributed by atoms with E-state index in [9.17, 15) is 14.9 Å². The van der Waals surface area contributed by atoms with E-state index < -0.39 is 4.92 Å². The van der Waals surface area contributed by atoms with E-state index in [1.807, 2.05) is 32.0 Å². The first kappa shape index (κ1) is 21.4. The minimum atomic E-state index is -0.491. The van der Waals surface area contributed by atoms with E-state index in [0.29, 0.717) is 32.9 Å². The fourth-order valence-corrected chi connectivity index (χ4v) is 4.04. The molecule has 1 aliphatic rings. The summed E-state index contributed by atoms with van der Waals surface area (Å²) in [5.74, 6) is 0.810. The molecular formula is C23H19N3O5S. The number of amides is 1. The average molecular weight is 449 g/mol. The standard InChI is InChI=1S/C23H19N3O5S/c1-13-4-8-18(14(2)10-13)24-23-25-22(27)21(32-23)12-16-6-9-20(31-16)17-7-5-15(30-3)11-19(17)26(28)29/h4-12H,1-3H3,(H,24,25,27)/b21-12+. The van der Waals surface area contributed by atoms with Gasteiger partial charge in [0.05, 0.1) is 34.3 Å². The number of carbonyl (C=O) groups excluding carboxylic acids is 1. The Bertz CT molecular complexity index is 1290. The van der Waals surface area contributed by atoms with Gasteiger partial charge >= 0.3 is 0 Å². The molecule has 1 fully saturated rings. The predicted molar refractivity (Wildman–Crippen MR) is 124 cm³/mol. The zero-order chi connectivity index (χ0) is 22.8. The molecule has 0 atom stereocenters. The number of hydrogen-bond acceptors (Lipinski definition) is 7. The van der Waals surface area contributed by atoms with Crippen LogP contribution in [0, 0.1) is 24.0 Å². The van der Waals surface area contributed by atoms with Crippen molar-refractivity contribution in [2.45, 2.75) is 13.8 Å². The van der Waals surface area contributed by atoms with E-state index in [0.717, 1.165) is 16.8 Å². The molecule has 1 saturated heterocycles. The van der Waals surface area contributed by atoms with Crippen LogP contribution in [0.5, 0.6) is 5.75 Å². The Kier molecular flexibility index (Phi) is 5.83. The van der Waals surface area contributed by atoms with Crippen LogP contribution >= 0.6 is 11.8 Å². The van der Waals surface area contributed by atoms with Gasteiger partial charge in [0.1, 0.15) is 17.3 Å². The number of ether oxygens (including phenoxy) is 1. The number of aryl methyl sites for hydroxylation is 2. The Morgan fingerprint density at radius 1 is 1.16 bits per heavy atom. The van der Waals surface area contributed by atoms with E-state index >= 15 is 0 Å². The predicted octanol–water partition coefficient (Wildman–Crippen LogP) is 5.37. The molecule has 0 saturated carbocycles. The summed E-state index contributed by atoms with van der Waals surface area (Å²) in [5, 5.41) is 14.7. The quantitative estimate of drug-likeness (QED) is 0.319. The van der Waals surface area contributed by atoms with Crippen LogP contribution in [0.15, 0.2) is 62.8 Å². The molecule has 0 aliphatic carbocycles. The Balaban J connectivity index is 1.59. The van der Waals surface area contributed by atoms with Crippen molar-refractivity contribution in [1.82, 2.24) is 5.32 Å². The van der Waals surface area contributed by atoms with Gasteiger partial charge in [0, 0.05) is 6.08 Å². The minimum Gasteiger partial charge on any atom is -0.497 e. The van der Waals surface area contributed by atoms with Gasteiger partial charge in [-0.3, -0.25) is 14.9 Å². The Labute approximate surface area is 188 Å². The zero-order valence-corrected chi connectivity index (χ0v) is 18.4.